The van der Waals surface area contributed by atoms with Crippen molar-refractivity contribution in [1.82, 2.24) is 14.8 Å². The van der Waals surface area contributed by atoms with Gasteiger partial charge in [-0.2, -0.15) is 0 Å². The largest absolute Gasteiger partial charge is 0.419 e. The van der Waals surface area contributed by atoms with E-state index in [1.807, 2.05) is 54.0 Å². The zero-order valence-electron chi connectivity index (χ0n) is 17.1. The maximum absolute atomic E-state index is 12.8. The molecular weight excluding hydrogens is 400 g/mol. The molecule has 0 fully saturated rings. The number of halogens is 1. The number of aryl methyl sites for hydroxylation is 1. The highest BCUT2D eigenvalue weighted by atomic mass is 35.5. The van der Waals surface area contributed by atoms with Gasteiger partial charge in [-0.05, 0) is 42.7 Å². The zero-order chi connectivity index (χ0) is 21.3. The van der Waals surface area contributed by atoms with Gasteiger partial charge in [-0.25, -0.2) is 0 Å². The smallest absolute Gasteiger partial charge is 0.264 e. The van der Waals surface area contributed by atoms with Crippen molar-refractivity contribution in [2.45, 2.75) is 33.7 Å². The first kappa shape index (κ1) is 20.2. The molecule has 0 radical (unpaired) electrons. The number of para-hydroxylation sites is 1. The number of hydrogen-bond donors (Lipinski definition) is 1. The van der Waals surface area contributed by atoms with Gasteiger partial charge < -0.3 is 14.3 Å². The third-order valence-electron chi connectivity index (χ3n) is 4.84. The second-order valence-corrected chi connectivity index (χ2v) is 8.19. The molecule has 0 atom stereocenters. The Morgan fingerprint density at radius 1 is 1.17 bits per heavy atom. The lowest BCUT2D eigenvalue weighted by molar-refractivity contribution is -0.116. The van der Waals surface area contributed by atoms with Crippen LogP contribution in [0.3, 0.4) is 0 Å². The van der Waals surface area contributed by atoms with Crippen molar-refractivity contribution in [3.8, 4) is 11.6 Å². The van der Waals surface area contributed by atoms with Crippen molar-refractivity contribution < 1.29 is 9.21 Å². The lowest BCUT2D eigenvalue weighted by Gasteiger charge is -2.10. The normalized spacial score (nSPS) is 11.4. The molecule has 0 saturated heterocycles. The lowest BCUT2D eigenvalue weighted by atomic mass is 10.1. The average Bonchev–Trinajstić information content (AvgIpc) is 3.29. The second-order valence-electron chi connectivity index (χ2n) is 7.79. The SMILES string of the molecule is Cc1ccc(NC(=O)Cn2c(-c3nnc(CC(C)C)o3)cc3ccccc32)cc1Cl. The summed E-state index contributed by atoms with van der Waals surface area (Å²) in [5.74, 6) is 1.25. The fourth-order valence-electron chi connectivity index (χ4n) is 3.36. The van der Waals surface area contributed by atoms with Gasteiger partial charge >= 0.3 is 0 Å². The van der Waals surface area contributed by atoms with Crippen LogP contribution in [0.4, 0.5) is 5.69 Å². The first-order valence-corrected chi connectivity index (χ1v) is 10.3. The Labute approximate surface area is 179 Å². The predicted molar refractivity (Wildman–Crippen MR) is 119 cm³/mol. The van der Waals surface area contributed by atoms with Crippen LogP contribution in [-0.4, -0.2) is 20.7 Å². The van der Waals surface area contributed by atoms with Crippen LogP contribution >= 0.6 is 11.6 Å². The van der Waals surface area contributed by atoms with Crippen LogP contribution < -0.4 is 5.32 Å². The third kappa shape index (κ3) is 4.24. The minimum absolute atomic E-state index is 0.107. The number of hydrogen-bond acceptors (Lipinski definition) is 4. The summed E-state index contributed by atoms with van der Waals surface area (Å²) < 4.78 is 7.78. The number of amides is 1. The van der Waals surface area contributed by atoms with Crippen LogP contribution in [0.25, 0.3) is 22.5 Å². The summed E-state index contributed by atoms with van der Waals surface area (Å²) in [7, 11) is 0. The van der Waals surface area contributed by atoms with E-state index in [9.17, 15) is 4.79 Å². The van der Waals surface area contributed by atoms with Gasteiger partial charge in [-0.1, -0.05) is 49.7 Å². The van der Waals surface area contributed by atoms with Gasteiger partial charge in [0.25, 0.3) is 5.89 Å². The van der Waals surface area contributed by atoms with E-state index in [0.717, 1.165) is 22.2 Å². The summed E-state index contributed by atoms with van der Waals surface area (Å²) in [6.45, 7) is 6.23. The molecule has 2 aromatic heterocycles. The van der Waals surface area contributed by atoms with Crippen LogP contribution in [0.1, 0.15) is 25.3 Å². The second kappa shape index (κ2) is 8.32. The van der Waals surface area contributed by atoms with Crippen LogP contribution in [0.15, 0.2) is 52.9 Å². The van der Waals surface area contributed by atoms with Crippen molar-refractivity contribution in [1.29, 1.82) is 0 Å². The topological polar surface area (TPSA) is 73.0 Å². The van der Waals surface area contributed by atoms with Gasteiger partial charge in [0.15, 0.2) is 0 Å². The number of rotatable bonds is 6. The molecule has 0 unspecified atom stereocenters. The number of anilines is 1. The first-order valence-electron chi connectivity index (χ1n) is 9.87. The summed E-state index contributed by atoms with van der Waals surface area (Å²) in [4.78, 5) is 12.8. The molecule has 154 valence electrons. The van der Waals surface area contributed by atoms with Crippen molar-refractivity contribution in [3.05, 3.63) is 65.0 Å². The van der Waals surface area contributed by atoms with E-state index in [1.54, 1.807) is 6.07 Å². The van der Waals surface area contributed by atoms with Gasteiger partial charge in [0.05, 0.1) is 0 Å². The van der Waals surface area contributed by atoms with Crippen LogP contribution in [0, 0.1) is 12.8 Å². The number of nitrogens with one attached hydrogen (secondary N) is 1. The van der Waals surface area contributed by atoms with Crippen LogP contribution in [0.5, 0.6) is 0 Å². The molecule has 30 heavy (non-hydrogen) atoms. The van der Waals surface area contributed by atoms with E-state index in [1.165, 1.54) is 0 Å². The zero-order valence-corrected chi connectivity index (χ0v) is 17.9. The highest BCUT2D eigenvalue weighted by molar-refractivity contribution is 6.31. The average molecular weight is 423 g/mol. The maximum atomic E-state index is 12.8. The fourth-order valence-corrected chi connectivity index (χ4v) is 3.54. The van der Waals surface area contributed by atoms with Crippen molar-refractivity contribution in [3.63, 3.8) is 0 Å². The molecule has 0 aliphatic carbocycles. The summed E-state index contributed by atoms with van der Waals surface area (Å²) in [5, 5.41) is 12.9. The molecule has 2 heterocycles. The number of carbonyl (C=O) groups is 1. The van der Waals surface area contributed by atoms with Gasteiger partial charge in [-0.15, -0.1) is 10.2 Å². The van der Waals surface area contributed by atoms with E-state index < -0.39 is 0 Å². The molecule has 4 aromatic rings. The van der Waals surface area contributed by atoms with Crippen molar-refractivity contribution in [2.24, 2.45) is 5.92 Å². The molecule has 4 rings (SSSR count). The van der Waals surface area contributed by atoms with Gasteiger partial charge in [-0.3, -0.25) is 4.79 Å². The highest BCUT2D eigenvalue weighted by Gasteiger charge is 2.19. The monoisotopic (exact) mass is 422 g/mol. The summed E-state index contributed by atoms with van der Waals surface area (Å²) in [6, 6.07) is 15.3. The number of benzene rings is 2. The number of carbonyl (C=O) groups excluding carboxylic acids is 1. The molecule has 0 bridgehead atoms. The van der Waals surface area contributed by atoms with Crippen molar-refractivity contribution in [2.75, 3.05) is 5.32 Å². The Morgan fingerprint density at radius 2 is 1.97 bits per heavy atom. The molecular formula is C23H23ClN4O2. The van der Waals surface area contributed by atoms with E-state index in [0.29, 0.717) is 34.8 Å². The first-order chi connectivity index (χ1) is 14.4. The van der Waals surface area contributed by atoms with E-state index in [4.69, 9.17) is 16.0 Å². The predicted octanol–water partition coefficient (Wildman–Crippen LogP) is 5.49. The molecule has 1 N–H and O–H groups in total. The third-order valence-corrected chi connectivity index (χ3v) is 5.24. The molecule has 0 spiro atoms. The van der Waals surface area contributed by atoms with Crippen LogP contribution in [-0.2, 0) is 17.8 Å². The molecule has 2 aromatic carbocycles. The highest BCUT2D eigenvalue weighted by Crippen LogP contribution is 2.28. The summed E-state index contributed by atoms with van der Waals surface area (Å²) >= 11 is 6.18. The molecule has 1 amide bonds. The van der Waals surface area contributed by atoms with E-state index in [-0.39, 0.29) is 12.5 Å². The Morgan fingerprint density at radius 3 is 2.73 bits per heavy atom. The van der Waals surface area contributed by atoms with Crippen molar-refractivity contribution >= 4 is 34.1 Å². The molecule has 7 heteroatoms. The van der Waals surface area contributed by atoms with E-state index >= 15 is 0 Å². The minimum Gasteiger partial charge on any atom is -0.419 e. The van der Waals surface area contributed by atoms with Gasteiger partial charge in [0.2, 0.25) is 11.8 Å². The summed E-state index contributed by atoms with van der Waals surface area (Å²) in [5.41, 5.74) is 3.26. The van der Waals surface area contributed by atoms with E-state index in [2.05, 4.69) is 29.4 Å². The Balaban J connectivity index is 1.65. The lowest BCUT2D eigenvalue weighted by Crippen LogP contribution is -2.19. The molecule has 0 aliphatic rings. The Kier molecular flexibility index (Phi) is 5.59. The van der Waals surface area contributed by atoms with Crippen LogP contribution in [0.2, 0.25) is 5.02 Å². The maximum Gasteiger partial charge on any atom is 0.264 e. The number of nitrogens with zero attached hydrogens (tertiary/aromatic N) is 3. The summed E-state index contributed by atoms with van der Waals surface area (Å²) in [6.07, 6.45) is 0.710. The molecule has 6 nitrogen and oxygen atoms in total. The quantitative estimate of drug-likeness (QED) is 0.446. The molecule has 0 aliphatic heterocycles. The molecule has 0 saturated carbocycles. The Hall–Kier alpha value is -3.12. The van der Waals surface area contributed by atoms with Gasteiger partial charge in [0.1, 0.15) is 12.2 Å². The fraction of sp³-hybridized carbons (Fsp3) is 0.261. The minimum atomic E-state index is -0.167. The number of aromatic nitrogens is 3. The Bertz CT molecular complexity index is 1210. The standard InChI is InChI=1S/C23H23ClN4O2/c1-14(2)10-22-26-27-23(30-22)20-11-16-6-4-5-7-19(16)28(20)13-21(29)25-17-9-8-15(3)18(24)12-17/h4-9,11-12,14H,10,13H2,1-3H3,(H,25,29). The van der Waals surface area contributed by atoms with Gasteiger partial charge in [0, 0.05) is 28.0 Å². The number of fused-ring (bicyclic) bond motifs is 1.